The van der Waals surface area contributed by atoms with Gasteiger partial charge >= 0.3 is 12.0 Å². The molecule has 0 saturated heterocycles. The van der Waals surface area contributed by atoms with Crippen LogP contribution in [0.5, 0.6) is 0 Å². The van der Waals surface area contributed by atoms with E-state index in [2.05, 4.69) is 10.6 Å². The van der Waals surface area contributed by atoms with Gasteiger partial charge in [0.15, 0.2) is 0 Å². The van der Waals surface area contributed by atoms with Crippen molar-refractivity contribution in [1.29, 1.82) is 0 Å². The smallest absolute Gasteiger partial charge is 0.337 e. The van der Waals surface area contributed by atoms with E-state index in [4.69, 9.17) is 9.84 Å². The summed E-state index contributed by atoms with van der Waals surface area (Å²) < 4.78 is 4.81. The number of carboxylic acid groups (broad SMARTS) is 1. The molecule has 0 saturated carbocycles. The average Bonchev–Trinajstić information content (AvgIpc) is 2.32. The second kappa shape index (κ2) is 6.75. The zero-order valence-corrected chi connectivity index (χ0v) is 11.2. The summed E-state index contributed by atoms with van der Waals surface area (Å²) in [6.07, 6.45) is 0. The number of nitrogens with one attached hydrogen (secondary N) is 2. The Morgan fingerprint density at radius 2 is 2.00 bits per heavy atom. The number of carboxylic acids is 1. The molecule has 0 aliphatic rings. The molecule has 0 fully saturated rings. The zero-order chi connectivity index (χ0) is 14.4. The lowest BCUT2D eigenvalue weighted by molar-refractivity contribution is 0.0698. The Labute approximate surface area is 111 Å². The molecule has 1 rings (SSSR count). The lowest BCUT2D eigenvalue weighted by atomic mass is 10.0. The number of ether oxygens (including phenoxy) is 1. The summed E-state index contributed by atoms with van der Waals surface area (Å²) in [7, 11) is 1.53. The predicted molar refractivity (Wildman–Crippen MR) is 71.8 cm³/mol. The van der Waals surface area contributed by atoms with E-state index in [9.17, 15) is 9.59 Å². The summed E-state index contributed by atoms with van der Waals surface area (Å²) in [4.78, 5) is 22.8. The Hall–Kier alpha value is -2.08. The number of hydrogen-bond donors (Lipinski definition) is 3. The highest BCUT2D eigenvalue weighted by molar-refractivity contribution is 6.01. The molecule has 1 aromatic rings. The van der Waals surface area contributed by atoms with Gasteiger partial charge in [0.05, 0.1) is 17.9 Å². The van der Waals surface area contributed by atoms with Crippen LogP contribution in [-0.2, 0) is 4.74 Å². The molecule has 6 heteroatoms. The largest absolute Gasteiger partial charge is 0.478 e. The maximum Gasteiger partial charge on any atom is 0.337 e. The fourth-order valence-corrected chi connectivity index (χ4v) is 1.73. The number of carbonyl (C=O) groups is 2. The van der Waals surface area contributed by atoms with Gasteiger partial charge in [0.25, 0.3) is 0 Å². The highest BCUT2D eigenvalue weighted by atomic mass is 16.5. The molecule has 1 aromatic carbocycles. The molecule has 0 radical (unpaired) electrons. The number of carbonyl (C=O) groups excluding carboxylic acids is 1. The summed E-state index contributed by atoms with van der Waals surface area (Å²) >= 11 is 0. The van der Waals surface area contributed by atoms with Crippen molar-refractivity contribution in [1.82, 2.24) is 5.32 Å². The highest BCUT2D eigenvalue weighted by Crippen LogP contribution is 2.22. The molecule has 0 unspecified atom stereocenters. The fourth-order valence-electron chi connectivity index (χ4n) is 1.73. The number of amides is 2. The van der Waals surface area contributed by atoms with Crippen molar-refractivity contribution in [3.8, 4) is 0 Å². The van der Waals surface area contributed by atoms with E-state index in [0.29, 0.717) is 24.4 Å². The van der Waals surface area contributed by atoms with Gasteiger partial charge in [0, 0.05) is 13.7 Å². The summed E-state index contributed by atoms with van der Waals surface area (Å²) in [6, 6.07) is 2.89. The second-order valence-corrected chi connectivity index (χ2v) is 4.18. The van der Waals surface area contributed by atoms with Gasteiger partial charge in [0.2, 0.25) is 0 Å². The molecular weight excluding hydrogens is 248 g/mol. The van der Waals surface area contributed by atoms with Gasteiger partial charge in [-0.25, -0.2) is 9.59 Å². The number of urea groups is 1. The summed E-state index contributed by atoms with van der Waals surface area (Å²) in [5, 5.41) is 14.3. The molecular formula is C13H18N2O4. The van der Waals surface area contributed by atoms with E-state index in [0.717, 1.165) is 5.56 Å². The van der Waals surface area contributed by atoms with Crippen LogP contribution in [0.25, 0.3) is 0 Å². The summed E-state index contributed by atoms with van der Waals surface area (Å²) in [5.74, 6) is -1.07. The molecule has 0 atom stereocenters. The van der Waals surface area contributed by atoms with Crippen LogP contribution in [0.3, 0.4) is 0 Å². The Bertz CT molecular complexity index is 486. The predicted octanol–water partition coefficient (Wildman–Crippen LogP) is 1.77. The van der Waals surface area contributed by atoms with Crippen molar-refractivity contribution >= 4 is 17.7 Å². The number of methoxy groups -OCH3 is 1. The van der Waals surface area contributed by atoms with Gasteiger partial charge < -0.3 is 20.5 Å². The van der Waals surface area contributed by atoms with Gasteiger partial charge in [-0.2, -0.15) is 0 Å². The van der Waals surface area contributed by atoms with E-state index in [1.54, 1.807) is 6.92 Å². The monoisotopic (exact) mass is 266 g/mol. The van der Waals surface area contributed by atoms with Crippen LogP contribution >= 0.6 is 0 Å². The summed E-state index contributed by atoms with van der Waals surface area (Å²) in [5.41, 5.74) is 1.94. The third kappa shape index (κ3) is 4.26. The molecule has 0 aliphatic carbocycles. The molecule has 0 heterocycles. The van der Waals surface area contributed by atoms with Crippen LogP contribution in [0.4, 0.5) is 10.5 Å². The minimum absolute atomic E-state index is 0.0828. The second-order valence-electron chi connectivity index (χ2n) is 4.18. The molecule has 0 aliphatic heterocycles. The van der Waals surface area contributed by atoms with Crippen LogP contribution < -0.4 is 10.6 Å². The van der Waals surface area contributed by atoms with Gasteiger partial charge in [0.1, 0.15) is 0 Å². The third-order valence-electron chi connectivity index (χ3n) is 2.54. The number of aromatic carboxylic acids is 1. The molecule has 104 valence electrons. The minimum atomic E-state index is -1.07. The number of anilines is 1. The van der Waals surface area contributed by atoms with E-state index in [-0.39, 0.29) is 5.56 Å². The molecule has 3 N–H and O–H groups in total. The minimum Gasteiger partial charge on any atom is -0.478 e. The van der Waals surface area contributed by atoms with Crippen LogP contribution in [0.1, 0.15) is 21.5 Å². The van der Waals surface area contributed by atoms with Gasteiger partial charge in [-0.1, -0.05) is 6.07 Å². The SMILES string of the molecule is COCCNC(=O)Nc1c(C)cc(C)cc1C(=O)O. The van der Waals surface area contributed by atoms with E-state index in [1.807, 2.05) is 13.0 Å². The number of aryl methyl sites for hydroxylation is 2. The van der Waals surface area contributed by atoms with Gasteiger partial charge in [-0.3, -0.25) is 0 Å². The fraction of sp³-hybridized carbons (Fsp3) is 0.385. The highest BCUT2D eigenvalue weighted by Gasteiger charge is 2.15. The maximum absolute atomic E-state index is 11.6. The molecule has 19 heavy (non-hydrogen) atoms. The van der Waals surface area contributed by atoms with Gasteiger partial charge in [-0.05, 0) is 31.0 Å². The third-order valence-corrected chi connectivity index (χ3v) is 2.54. The van der Waals surface area contributed by atoms with Crippen molar-refractivity contribution in [2.75, 3.05) is 25.6 Å². The Morgan fingerprint density at radius 3 is 2.58 bits per heavy atom. The summed E-state index contributed by atoms with van der Waals surface area (Å²) in [6.45, 7) is 4.31. The Kier molecular flexibility index (Phi) is 5.32. The number of hydrogen-bond acceptors (Lipinski definition) is 3. The van der Waals surface area contributed by atoms with Crippen LogP contribution in [0.2, 0.25) is 0 Å². The zero-order valence-electron chi connectivity index (χ0n) is 11.2. The average molecular weight is 266 g/mol. The van der Waals surface area contributed by atoms with Crippen LogP contribution in [0.15, 0.2) is 12.1 Å². The van der Waals surface area contributed by atoms with Crippen molar-refractivity contribution in [2.45, 2.75) is 13.8 Å². The van der Waals surface area contributed by atoms with Gasteiger partial charge in [-0.15, -0.1) is 0 Å². The maximum atomic E-state index is 11.6. The lowest BCUT2D eigenvalue weighted by Gasteiger charge is -2.13. The molecule has 0 spiro atoms. The topological polar surface area (TPSA) is 87.7 Å². The molecule has 6 nitrogen and oxygen atoms in total. The molecule has 0 aromatic heterocycles. The lowest BCUT2D eigenvalue weighted by Crippen LogP contribution is -2.32. The van der Waals surface area contributed by atoms with E-state index in [1.165, 1.54) is 13.2 Å². The van der Waals surface area contributed by atoms with Crippen LogP contribution in [-0.4, -0.2) is 37.4 Å². The Balaban J connectivity index is 2.88. The van der Waals surface area contributed by atoms with Crippen molar-refractivity contribution < 1.29 is 19.4 Å². The first-order valence-corrected chi connectivity index (χ1v) is 5.84. The van der Waals surface area contributed by atoms with E-state index < -0.39 is 12.0 Å². The Morgan fingerprint density at radius 1 is 1.32 bits per heavy atom. The van der Waals surface area contributed by atoms with E-state index >= 15 is 0 Å². The normalized spacial score (nSPS) is 10.1. The first kappa shape index (κ1) is 15.0. The standard InChI is InChI=1S/C13H18N2O4/c1-8-6-9(2)11(10(7-8)12(16)17)15-13(18)14-4-5-19-3/h6-7H,4-5H2,1-3H3,(H,16,17)(H2,14,15,18). The van der Waals surface area contributed by atoms with Crippen molar-refractivity contribution in [2.24, 2.45) is 0 Å². The number of rotatable bonds is 5. The molecule has 0 bridgehead atoms. The first-order chi connectivity index (χ1) is 8.95. The molecule has 2 amide bonds. The first-order valence-electron chi connectivity index (χ1n) is 5.84. The van der Waals surface area contributed by atoms with Crippen molar-refractivity contribution in [3.63, 3.8) is 0 Å². The number of benzene rings is 1. The quantitative estimate of drug-likeness (QED) is 0.709. The van der Waals surface area contributed by atoms with Crippen molar-refractivity contribution in [3.05, 3.63) is 28.8 Å². The van der Waals surface area contributed by atoms with Crippen LogP contribution in [0, 0.1) is 13.8 Å².